The van der Waals surface area contributed by atoms with Gasteiger partial charge >= 0.3 is 0 Å². The summed E-state index contributed by atoms with van der Waals surface area (Å²) < 4.78 is 28.8. The van der Waals surface area contributed by atoms with E-state index in [1.807, 2.05) is 31.2 Å². The van der Waals surface area contributed by atoms with Crippen molar-refractivity contribution in [1.82, 2.24) is 15.1 Å². The summed E-state index contributed by atoms with van der Waals surface area (Å²) in [5.41, 5.74) is 2.94. The van der Waals surface area contributed by atoms with Crippen molar-refractivity contribution in [3.63, 3.8) is 0 Å². The summed E-state index contributed by atoms with van der Waals surface area (Å²) in [5.74, 6) is -0.133. The highest BCUT2D eigenvalue weighted by Gasteiger charge is 2.36. The molecule has 1 amide bonds. The molecular formula is C22H20Cl2F2N4O. The maximum atomic E-state index is 13.8. The predicted octanol–water partition coefficient (Wildman–Crippen LogP) is 5.79. The number of nitrogens with one attached hydrogen (secondary N) is 2. The van der Waals surface area contributed by atoms with Crippen LogP contribution < -0.4 is 10.6 Å². The third kappa shape index (κ3) is 4.52. The lowest BCUT2D eigenvalue weighted by molar-refractivity contribution is 0.0656. The standard InChI is InChI=1S/C22H20Cl2F2N4O/c1-12-2-5-14(6-3-12)18-9-19(20(25)26)30-21(29-18)15(11-28-30)22(31)27-10-13-4-7-16(23)17(24)8-13/h2-8,11,18-20,29H,9-10H2,1H3,(H,27,31)/t18-,19-/m0/s1. The zero-order valence-electron chi connectivity index (χ0n) is 16.6. The van der Waals surface area contributed by atoms with Crippen LogP contribution >= 0.6 is 23.2 Å². The molecule has 0 saturated heterocycles. The predicted molar refractivity (Wildman–Crippen MR) is 117 cm³/mol. The van der Waals surface area contributed by atoms with Gasteiger partial charge < -0.3 is 10.6 Å². The van der Waals surface area contributed by atoms with Crippen LogP contribution in [0.2, 0.25) is 10.0 Å². The van der Waals surface area contributed by atoms with E-state index in [1.54, 1.807) is 18.2 Å². The summed E-state index contributed by atoms with van der Waals surface area (Å²) in [6.45, 7) is 2.17. The Morgan fingerprint density at radius 3 is 2.65 bits per heavy atom. The lowest BCUT2D eigenvalue weighted by atomic mass is 9.96. The summed E-state index contributed by atoms with van der Waals surface area (Å²) in [4.78, 5) is 12.8. The second-order valence-corrected chi connectivity index (χ2v) is 8.34. The minimum atomic E-state index is -2.61. The maximum Gasteiger partial charge on any atom is 0.260 e. The smallest absolute Gasteiger partial charge is 0.260 e. The van der Waals surface area contributed by atoms with Crippen molar-refractivity contribution in [3.8, 4) is 0 Å². The number of carbonyl (C=O) groups is 1. The Balaban J connectivity index is 1.57. The van der Waals surface area contributed by atoms with Gasteiger partial charge in [-0.25, -0.2) is 13.5 Å². The largest absolute Gasteiger partial charge is 0.363 e. The van der Waals surface area contributed by atoms with Crippen molar-refractivity contribution in [2.24, 2.45) is 0 Å². The monoisotopic (exact) mass is 464 g/mol. The molecule has 0 spiro atoms. The highest BCUT2D eigenvalue weighted by atomic mass is 35.5. The molecule has 162 valence electrons. The number of fused-ring (bicyclic) bond motifs is 1. The second-order valence-electron chi connectivity index (χ2n) is 7.53. The van der Waals surface area contributed by atoms with Gasteiger partial charge in [0.15, 0.2) is 0 Å². The van der Waals surface area contributed by atoms with Crippen LogP contribution in [0.5, 0.6) is 0 Å². The van der Waals surface area contributed by atoms with E-state index in [0.717, 1.165) is 16.7 Å². The number of aromatic nitrogens is 2. The second kappa shape index (κ2) is 8.85. The molecule has 2 atom stereocenters. The van der Waals surface area contributed by atoms with Crippen molar-refractivity contribution in [2.75, 3.05) is 5.32 Å². The number of hydrogen-bond donors (Lipinski definition) is 2. The van der Waals surface area contributed by atoms with Crippen LogP contribution in [0.25, 0.3) is 0 Å². The molecular weight excluding hydrogens is 445 g/mol. The van der Waals surface area contributed by atoms with E-state index in [0.29, 0.717) is 10.0 Å². The highest BCUT2D eigenvalue weighted by molar-refractivity contribution is 6.42. The molecule has 1 aliphatic heterocycles. The number of nitrogens with zero attached hydrogens (tertiary/aromatic N) is 2. The Bertz CT molecular complexity index is 1100. The van der Waals surface area contributed by atoms with Gasteiger partial charge in [-0.1, -0.05) is 59.1 Å². The quantitative estimate of drug-likeness (QED) is 0.502. The molecule has 0 radical (unpaired) electrons. The molecule has 0 saturated carbocycles. The molecule has 1 aromatic heterocycles. The maximum absolute atomic E-state index is 13.8. The Kier molecular flexibility index (Phi) is 6.16. The van der Waals surface area contributed by atoms with Crippen LogP contribution in [0.15, 0.2) is 48.7 Å². The molecule has 3 aromatic rings. The Morgan fingerprint density at radius 1 is 1.23 bits per heavy atom. The summed E-state index contributed by atoms with van der Waals surface area (Å²) in [6, 6.07) is 11.3. The van der Waals surface area contributed by atoms with Crippen LogP contribution in [-0.4, -0.2) is 22.1 Å². The fraction of sp³-hybridized carbons (Fsp3) is 0.273. The van der Waals surface area contributed by atoms with E-state index in [2.05, 4.69) is 15.7 Å². The fourth-order valence-corrected chi connectivity index (χ4v) is 3.96. The van der Waals surface area contributed by atoms with E-state index in [9.17, 15) is 13.6 Å². The topological polar surface area (TPSA) is 59.0 Å². The molecule has 5 nitrogen and oxygen atoms in total. The van der Waals surface area contributed by atoms with E-state index in [1.165, 1.54) is 10.9 Å². The molecule has 0 bridgehead atoms. The normalized spacial score (nSPS) is 17.9. The summed E-state index contributed by atoms with van der Waals surface area (Å²) >= 11 is 11.9. The first-order valence-electron chi connectivity index (χ1n) is 9.74. The number of halogens is 4. The van der Waals surface area contributed by atoms with Gasteiger partial charge in [0.05, 0.1) is 22.3 Å². The van der Waals surface area contributed by atoms with Crippen LogP contribution in [0.4, 0.5) is 14.6 Å². The average Bonchev–Trinajstić information content (AvgIpc) is 3.18. The molecule has 31 heavy (non-hydrogen) atoms. The number of alkyl halides is 2. The fourth-order valence-electron chi connectivity index (χ4n) is 3.64. The first kappa shape index (κ1) is 21.6. The zero-order valence-corrected chi connectivity index (χ0v) is 18.1. The Labute approximate surface area is 188 Å². The number of rotatable bonds is 5. The van der Waals surface area contributed by atoms with Crippen molar-refractivity contribution < 1.29 is 13.6 Å². The Hall–Kier alpha value is -2.64. The van der Waals surface area contributed by atoms with E-state index >= 15 is 0 Å². The third-order valence-electron chi connectivity index (χ3n) is 5.35. The van der Waals surface area contributed by atoms with Gasteiger partial charge in [-0.3, -0.25) is 4.79 Å². The SMILES string of the molecule is Cc1ccc([C@@H]2C[C@@H](C(F)F)n3ncc(C(=O)NCc4ccc(Cl)c(Cl)c4)c3N2)cc1. The van der Waals surface area contributed by atoms with Gasteiger partial charge in [-0.2, -0.15) is 5.10 Å². The number of benzene rings is 2. The lowest BCUT2D eigenvalue weighted by Crippen LogP contribution is -2.32. The van der Waals surface area contributed by atoms with Crippen LogP contribution in [0, 0.1) is 6.92 Å². The molecule has 2 heterocycles. The summed E-state index contributed by atoms with van der Waals surface area (Å²) in [5, 5.41) is 10.9. The van der Waals surface area contributed by atoms with Gasteiger partial charge in [0.25, 0.3) is 12.3 Å². The number of aryl methyl sites for hydroxylation is 1. The number of hydrogen-bond acceptors (Lipinski definition) is 3. The molecule has 1 aliphatic rings. The van der Waals surface area contributed by atoms with Crippen molar-refractivity contribution in [1.29, 1.82) is 0 Å². The van der Waals surface area contributed by atoms with E-state index in [4.69, 9.17) is 23.2 Å². The van der Waals surface area contributed by atoms with E-state index < -0.39 is 18.4 Å². The zero-order chi connectivity index (χ0) is 22.1. The van der Waals surface area contributed by atoms with Crippen molar-refractivity contribution in [3.05, 3.63) is 81.0 Å². The number of carbonyl (C=O) groups excluding carboxylic acids is 1. The molecule has 0 unspecified atom stereocenters. The summed E-state index contributed by atoms with van der Waals surface area (Å²) in [6.07, 6.45) is -1.13. The number of amides is 1. The Morgan fingerprint density at radius 2 is 1.97 bits per heavy atom. The molecule has 0 aliphatic carbocycles. The van der Waals surface area contributed by atoms with E-state index in [-0.39, 0.29) is 30.4 Å². The molecule has 4 rings (SSSR count). The van der Waals surface area contributed by atoms with Crippen molar-refractivity contribution in [2.45, 2.75) is 38.4 Å². The van der Waals surface area contributed by atoms with Crippen molar-refractivity contribution >= 4 is 34.9 Å². The molecule has 2 aromatic carbocycles. The average molecular weight is 465 g/mol. The molecule has 0 fully saturated rings. The van der Waals surface area contributed by atoms with Gasteiger partial charge in [-0.05, 0) is 36.6 Å². The highest BCUT2D eigenvalue weighted by Crippen LogP contribution is 2.39. The van der Waals surface area contributed by atoms with Gasteiger partial charge in [-0.15, -0.1) is 0 Å². The number of anilines is 1. The van der Waals surface area contributed by atoms with Gasteiger partial charge in [0.2, 0.25) is 0 Å². The molecule has 9 heteroatoms. The van der Waals surface area contributed by atoms with Gasteiger partial charge in [0.1, 0.15) is 17.4 Å². The van der Waals surface area contributed by atoms with Crippen LogP contribution in [0.3, 0.4) is 0 Å². The van der Waals surface area contributed by atoms with Crippen LogP contribution in [-0.2, 0) is 6.54 Å². The molecule has 2 N–H and O–H groups in total. The first-order chi connectivity index (χ1) is 14.8. The van der Waals surface area contributed by atoms with Gasteiger partial charge in [0, 0.05) is 6.54 Å². The van der Waals surface area contributed by atoms with Crippen LogP contribution in [0.1, 0.15) is 45.6 Å². The minimum absolute atomic E-state index is 0.166. The summed E-state index contributed by atoms with van der Waals surface area (Å²) in [7, 11) is 0. The third-order valence-corrected chi connectivity index (χ3v) is 6.09. The first-order valence-corrected chi connectivity index (χ1v) is 10.5. The lowest BCUT2D eigenvalue weighted by Gasteiger charge is -2.32. The minimum Gasteiger partial charge on any atom is -0.363 e.